The molecule has 4 aromatic rings. The standard InChI is InChI=1S/C18H15N3O2S.C2H6/c1-9-5-12-10(2)7-19-15(12)6-14(9)21-17(23)13-8-20-18-11(16(13)22)3-4-24-18;1-2/h3-8,19H,1-2H3,(H,20,22)(H,21,23);1-2H3. The Labute approximate surface area is 155 Å². The molecule has 3 heterocycles. The first-order valence-electron chi connectivity index (χ1n) is 8.53. The van der Waals surface area contributed by atoms with Crippen LogP contribution in [0.4, 0.5) is 5.69 Å². The van der Waals surface area contributed by atoms with Gasteiger partial charge >= 0.3 is 0 Å². The number of benzene rings is 1. The Kier molecular flexibility index (Phi) is 4.95. The Morgan fingerprint density at radius 3 is 2.58 bits per heavy atom. The summed E-state index contributed by atoms with van der Waals surface area (Å²) >= 11 is 1.44. The average molecular weight is 367 g/mol. The van der Waals surface area contributed by atoms with Gasteiger partial charge in [-0.2, -0.15) is 0 Å². The fraction of sp³-hybridized carbons (Fsp3) is 0.200. The van der Waals surface area contributed by atoms with Gasteiger partial charge in [-0.05, 0) is 48.6 Å². The molecule has 0 aliphatic heterocycles. The number of fused-ring (bicyclic) bond motifs is 2. The summed E-state index contributed by atoms with van der Waals surface area (Å²) < 4.78 is 0. The van der Waals surface area contributed by atoms with E-state index in [0.29, 0.717) is 11.1 Å². The second-order valence-corrected chi connectivity index (χ2v) is 6.75. The van der Waals surface area contributed by atoms with Crippen molar-refractivity contribution >= 4 is 44.1 Å². The van der Waals surface area contributed by atoms with Gasteiger partial charge in [-0.1, -0.05) is 13.8 Å². The normalized spacial score (nSPS) is 10.6. The molecule has 0 spiro atoms. The highest BCUT2D eigenvalue weighted by Crippen LogP contribution is 2.25. The Bertz CT molecular complexity index is 1150. The molecule has 0 saturated carbocycles. The second kappa shape index (κ2) is 7.17. The lowest BCUT2D eigenvalue weighted by Gasteiger charge is -2.09. The minimum absolute atomic E-state index is 0.114. The molecule has 1 aromatic carbocycles. The van der Waals surface area contributed by atoms with E-state index in [1.165, 1.54) is 17.5 Å². The van der Waals surface area contributed by atoms with Crippen LogP contribution in [-0.4, -0.2) is 15.9 Å². The molecule has 3 N–H and O–H groups in total. The summed E-state index contributed by atoms with van der Waals surface area (Å²) in [6, 6.07) is 5.66. The van der Waals surface area contributed by atoms with Crippen molar-refractivity contribution in [3.05, 3.63) is 62.9 Å². The van der Waals surface area contributed by atoms with Crippen molar-refractivity contribution in [3.63, 3.8) is 0 Å². The van der Waals surface area contributed by atoms with Crippen LogP contribution < -0.4 is 10.7 Å². The van der Waals surface area contributed by atoms with Crippen LogP contribution in [0.5, 0.6) is 0 Å². The van der Waals surface area contributed by atoms with Crippen LogP contribution in [0.2, 0.25) is 0 Å². The average Bonchev–Trinajstić information content (AvgIpc) is 3.25. The summed E-state index contributed by atoms with van der Waals surface area (Å²) in [5.41, 5.74) is 3.62. The number of rotatable bonds is 2. The van der Waals surface area contributed by atoms with Crippen molar-refractivity contribution in [1.29, 1.82) is 0 Å². The molecule has 0 aliphatic carbocycles. The summed E-state index contributed by atoms with van der Waals surface area (Å²) in [4.78, 5) is 32.0. The summed E-state index contributed by atoms with van der Waals surface area (Å²) in [5.74, 6) is -0.407. The van der Waals surface area contributed by atoms with Gasteiger partial charge in [-0.3, -0.25) is 9.59 Å². The van der Waals surface area contributed by atoms with Crippen molar-refractivity contribution in [1.82, 2.24) is 9.97 Å². The lowest BCUT2D eigenvalue weighted by atomic mass is 10.1. The highest BCUT2D eigenvalue weighted by Gasteiger charge is 2.15. The molecule has 6 heteroatoms. The number of aromatic nitrogens is 2. The number of hydrogen-bond acceptors (Lipinski definition) is 3. The first kappa shape index (κ1) is 17.9. The van der Waals surface area contributed by atoms with Gasteiger partial charge < -0.3 is 15.3 Å². The molecule has 0 bridgehead atoms. The SMILES string of the molecule is CC.Cc1cc2c(C)c[nH]c2cc1NC(=O)c1c[nH]c2sccc2c1=O. The molecule has 0 atom stereocenters. The molecule has 4 rings (SSSR count). The molecule has 0 fully saturated rings. The molecular formula is C20H21N3O2S. The number of aryl methyl sites for hydroxylation is 2. The number of amides is 1. The maximum Gasteiger partial charge on any atom is 0.261 e. The number of thiophene rings is 1. The Balaban J connectivity index is 0.000000948. The highest BCUT2D eigenvalue weighted by atomic mass is 32.1. The van der Waals surface area contributed by atoms with E-state index in [2.05, 4.69) is 15.3 Å². The minimum atomic E-state index is -0.407. The van der Waals surface area contributed by atoms with E-state index in [1.54, 1.807) is 6.07 Å². The molecule has 134 valence electrons. The number of H-pyrrole nitrogens is 2. The molecule has 26 heavy (non-hydrogen) atoms. The van der Waals surface area contributed by atoms with Crippen LogP contribution in [0.1, 0.15) is 35.3 Å². The van der Waals surface area contributed by atoms with Gasteiger partial charge in [0.2, 0.25) is 5.43 Å². The molecule has 0 aliphatic rings. The third kappa shape index (κ3) is 3.04. The van der Waals surface area contributed by atoms with E-state index in [4.69, 9.17) is 0 Å². The van der Waals surface area contributed by atoms with E-state index in [0.717, 1.165) is 26.9 Å². The minimum Gasteiger partial charge on any atom is -0.361 e. The van der Waals surface area contributed by atoms with Gasteiger partial charge in [0, 0.05) is 29.0 Å². The first-order valence-corrected chi connectivity index (χ1v) is 9.41. The Morgan fingerprint density at radius 1 is 1.04 bits per heavy atom. The number of anilines is 1. The third-order valence-corrected chi connectivity index (χ3v) is 5.07. The number of carbonyl (C=O) groups excluding carboxylic acids is 1. The molecule has 5 nitrogen and oxygen atoms in total. The zero-order valence-corrected chi connectivity index (χ0v) is 16.0. The molecule has 1 amide bonds. The fourth-order valence-electron chi connectivity index (χ4n) is 2.86. The highest BCUT2D eigenvalue weighted by molar-refractivity contribution is 7.16. The number of hydrogen-bond donors (Lipinski definition) is 3. The molecule has 0 unspecified atom stereocenters. The van der Waals surface area contributed by atoms with Crippen LogP contribution in [0.15, 0.2) is 40.8 Å². The van der Waals surface area contributed by atoms with Crippen molar-refractivity contribution in [2.45, 2.75) is 27.7 Å². The van der Waals surface area contributed by atoms with Crippen LogP contribution in [0, 0.1) is 13.8 Å². The summed E-state index contributed by atoms with van der Waals surface area (Å²) in [7, 11) is 0. The number of pyridine rings is 1. The van der Waals surface area contributed by atoms with Gasteiger partial charge in [0.05, 0.1) is 5.39 Å². The number of aromatic amines is 2. The van der Waals surface area contributed by atoms with Crippen LogP contribution in [-0.2, 0) is 0 Å². The van der Waals surface area contributed by atoms with E-state index in [1.807, 2.05) is 51.4 Å². The van der Waals surface area contributed by atoms with Crippen molar-refractivity contribution < 1.29 is 4.79 Å². The van der Waals surface area contributed by atoms with Gasteiger partial charge in [-0.15, -0.1) is 11.3 Å². The third-order valence-electron chi connectivity index (χ3n) is 4.23. The van der Waals surface area contributed by atoms with Gasteiger partial charge in [0.15, 0.2) is 0 Å². The van der Waals surface area contributed by atoms with Crippen molar-refractivity contribution in [3.8, 4) is 0 Å². The number of nitrogens with one attached hydrogen (secondary N) is 3. The first-order chi connectivity index (χ1) is 12.5. The topological polar surface area (TPSA) is 77.8 Å². The van der Waals surface area contributed by atoms with Gasteiger partial charge in [0.1, 0.15) is 10.4 Å². The maximum atomic E-state index is 12.6. The second-order valence-electron chi connectivity index (χ2n) is 5.83. The fourth-order valence-corrected chi connectivity index (χ4v) is 3.61. The lowest BCUT2D eigenvalue weighted by Crippen LogP contribution is -2.21. The van der Waals surface area contributed by atoms with Crippen LogP contribution in [0.25, 0.3) is 21.1 Å². The molecule has 0 radical (unpaired) electrons. The molecule has 3 aromatic heterocycles. The quantitative estimate of drug-likeness (QED) is 0.468. The predicted molar refractivity (Wildman–Crippen MR) is 110 cm³/mol. The molecule has 0 saturated heterocycles. The zero-order valence-electron chi connectivity index (χ0n) is 15.2. The van der Waals surface area contributed by atoms with Crippen LogP contribution >= 0.6 is 11.3 Å². The van der Waals surface area contributed by atoms with E-state index < -0.39 is 5.91 Å². The van der Waals surface area contributed by atoms with Crippen molar-refractivity contribution in [2.24, 2.45) is 0 Å². The maximum absolute atomic E-state index is 12.6. The lowest BCUT2D eigenvalue weighted by molar-refractivity contribution is 0.102. The van der Waals surface area contributed by atoms with Crippen LogP contribution in [0.3, 0.4) is 0 Å². The summed E-state index contributed by atoms with van der Waals surface area (Å²) in [6.07, 6.45) is 3.41. The predicted octanol–water partition coefficient (Wildman–Crippen LogP) is 4.97. The smallest absolute Gasteiger partial charge is 0.261 e. The van der Waals surface area contributed by atoms with Gasteiger partial charge in [0.25, 0.3) is 5.91 Å². The Hall–Kier alpha value is -2.86. The van der Waals surface area contributed by atoms with E-state index >= 15 is 0 Å². The van der Waals surface area contributed by atoms with E-state index in [9.17, 15) is 9.59 Å². The largest absolute Gasteiger partial charge is 0.361 e. The summed E-state index contributed by atoms with van der Waals surface area (Å²) in [5, 5.41) is 6.35. The van der Waals surface area contributed by atoms with E-state index in [-0.39, 0.29) is 11.0 Å². The monoisotopic (exact) mass is 367 g/mol. The zero-order chi connectivity index (χ0) is 18.8. The summed E-state index contributed by atoms with van der Waals surface area (Å²) in [6.45, 7) is 7.97. The molecular weight excluding hydrogens is 346 g/mol. The van der Waals surface area contributed by atoms with Crippen molar-refractivity contribution in [2.75, 3.05) is 5.32 Å². The number of carbonyl (C=O) groups is 1. The van der Waals surface area contributed by atoms with Gasteiger partial charge in [-0.25, -0.2) is 0 Å². The Morgan fingerprint density at radius 2 is 1.81 bits per heavy atom.